The first-order chi connectivity index (χ1) is 14.9. The molecular formula is C23H25F2N3O2SSi. The van der Waals surface area contributed by atoms with Crippen LogP contribution in [-0.2, 0) is 0 Å². The highest BCUT2D eigenvalue weighted by atomic mass is 32.1. The van der Waals surface area contributed by atoms with Crippen LogP contribution in [0, 0.1) is 6.92 Å². The van der Waals surface area contributed by atoms with Gasteiger partial charge in [0.15, 0.2) is 0 Å². The van der Waals surface area contributed by atoms with E-state index in [1.54, 1.807) is 17.4 Å². The van der Waals surface area contributed by atoms with Crippen molar-refractivity contribution in [1.82, 2.24) is 15.0 Å². The van der Waals surface area contributed by atoms with Crippen LogP contribution in [0.5, 0.6) is 11.6 Å². The van der Waals surface area contributed by atoms with Gasteiger partial charge in [0, 0.05) is 5.56 Å². The van der Waals surface area contributed by atoms with E-state index in [-0.39, 0.29) is 10.9 Å². The molecule has 168 valence electrons. The topological polar surface area (TPSA) is 57.1 Å². The molecule has 2 aromatic heterocycles. The third kappa shape index (κ3) is 4.45. The van der Waals surface area contributed by atoms with Gasteiger partial charge in [0.1, 0.15) is 10.8 Å². The largest absolute Gasteiger partial charge is 0.543 e. The van der Waals surface area contributed by atoms with E-state index >= 15 is 0 Å². The van der Waals surface area contributed by atoms with Crippen molar-refractivity contribution in [2.45, 2.75) is 52.4 Å². The average Bonchev–Trinajstić information content (AvgIpc) is 3.08. The van der Waals surface area contributed by atoms with Crippen LogP contribution in [-0.4, -0.2) is 29.9 Å². The van der Waals surface area contributed by atoms with Gasteiger partial charge in [0.05, 0.1) is 27.4 Å². The molecule has 9 heteroatoms. The zero-order chi connectivity index (χ0) is 23.3. The van der Waals surface area contributed by atoms with Gasteiger partial charge in [-0.25, -0.2) is 15.0 Å². The lowest BCUT2D eigenvalue weighted by atomic mass is 10.1. The number of thiazole rings is 1. The van der Waals surface area contributed by atoms with Gasteiger partial charge in [-0.15, -0.1) is 11.3 Å². The number of nitrogens with zero attached hydrogens (tertiary/aromatic N) is 3. The molecule has 32 heavy (non-hydrogen) atoms. The predicted octanol–water partition coefficient (Wildman–Crippen LogP) is 7.20. The molecule has 0 saturated carbocycles. The van der Waals surface area contributed by atoms with Crippen molar-refractivity contribution in [1.29, 1.82) is 0 Å². The van der Waals surface area contributed by atoms with Crippen LogP contribution in [0.2, 0.25) is 18.1 Å². The van der Waals surface area contributed by atoms with E-state index in [1.807, 2.05) is 31.2 Å². The second kappa shape index (κ2) is 8.04. The van der Waals surface area contributed by atoms with Crippen molar-refractivity contribution < 1.29 is 17.9 Å². The van der Waals surface area contributed by atoms with Gasteiger partial charge in [-0.1, -0.05) is 20.8 Å². The summed E-state index contributed by atoms with van der Waals surface area (Å²) >= 11 is 1.54. The molecule has 0 bridgehead atoms. The zero-order valence-corrected chi connectivity index (χ0v) is 20.7. The predicted molar refractivity (Wildman–Crippen MR) is 127 cm³/mol. The highest BCUT2D eigenvalue weighted by molar-refractivity contribution is 7.21. The van der Waals surface area contributed by atoms with Gasteiger partial charge in [0.2, 0.25) is 14.2 Å². The van der Waals surface area contributed by atoms with E-state index < -0.39 is 14.9 Å². The second-order valence-corrected chi connectivity index (χ2v) is 15.0. The van der Waals surface area contributed by atoms with Crippen LogP contribution in [0.15, 0.2) is 36.5 Å². The van der Waals surface area contributed by atoms with Crippen molar-refractivity contribution >= 4 is 40.9 Å². The number of halogens is 2. The maximum Gasteiger partial charge on any atom is 0.388 e. The molecule has 0 unspecified atom stereocenters. The van der Waals surface area contributed by atoms with Gasteiger partial charge in [-0.05, 0) is 61.0 Å². The maximum atomic E-state index is 12.6. The molecule has 0 aliphatic rings. The number of ether oxygens (including phenoxy) is 1. The highest BCUT2D eigenvalue weighted by Crippen LogP contribution is 2.40. The summed E-state index contributed by atoms with van der Waals surface area (Å²) in [6.07, 6.45) is 1.21. The SMILES string of the molecule is Cc1cc(-c2nc3ccc(O[Si](C)(C)C(C)(C)C)cc3s2)c2ncc(OC(F)F)nc2c1. The summed E-state index contributed by atoms with van der Waals surface area (Å²) < 4.78 is 37.0. The molecule has 0 amide bonds. The molecule has 0 fully saturated rings. The van der Waals surface area contributed by atoms with Crippen molar-refractivity contribution in [2.24, 2.45) is 0 Å². The average molecular weight is 474 g/mol. The van der Waals surface area contributed by atoms with Gasteiger partial charge < -0.3 is 9.16 Å². The molecule has 5 nitrogen and oxygen atoms in total. The van der Waals surface area contributed by atoms with E-state index in [1.165, 1.54) is 6.20 Å². The normalized spacial score (nSPS) is 12.7. The number of aromatic nitrogens is 3. The van der Waals surface area contributed by atoms with Crippen LogP contribution < -0.4 is 9.16 Å². The number of aryl methyl sites for hydroxylation is 1. The lowest BCUT2D eigenvalue weighted by molar-refractivity contribution is -0.0528. The van der Waals surface area contributed by atoms with Gasteiger partial charge in [0.25, 0.3) is 0 Å². The van der Waals surface area contributed by atoms with Crippen molar-refractivity contribution in [3.8, 4) is 22.2 Å². The molecular weight excluding hydrogens is 448 g/mol. The summed E-state index contributed by atoms with van der Waals surface area (Å²) in [5.41, 5.74) is 3.68. The minimum absolute atomic E-state index is 0.104. The molecule has 0 aliphatic carbocycles. The Bertz CT molecular complexity index is 1300. The summed E-state index contributed by atoms with van der Waals surface area (Å²) in [6, 6.07) is 9.75. The summed E-state index contributed by atoms with van der Waals surface area (Å²) in [5.74, 6) is 0.641. The molecule has 4 aromatic rings. The van der Waals surface area contributed by atoms with Gasteiger partial charge >= 0.3 is 6.61 Å². The fourth-order valence-electron chi connectivity index (χ4n) is 3.09. The Balaban J connectivity index is 1.75. The first-order valence-electron chi connectivity index (χ1n) is 10.3. The summed E-state index contributed by atoms with van der Waals surface area (Å²) in [6.45, 7) is 10.1. The first-order valence-corrected chi connectivity index (χ1v) is 14.0. The third-order valence-corrected chi connectivity index (χ3v) is 11.2. The summed E-state index contributed by atoms with van der Waals surface area (Å²) in [4.78, 5) is 13.3. The van der Waals surface area contributed by atoms with E-state index in [2.05, 4.69) is 48.6 Å². The highest BCUT2D eigenvalue weighted by Gasteiger charge is 2.39. The van der Waals surface area contributed by atoms with Crippen molar-refractivity contribution in [3.05, 3.63) is 42.1 Å². The Labute approximate surface area is 190 Å². The van der Waals surface area contributed by atoms with E-state index in [9.17, 15) is 8.78 Å². The molecule has 0 aliphatic heterocycles. The fourth-order valence-corrected chi connectivity index (χ4v) is 5.12. The van der Waals surface area contributed by atoms with Gasteiger partial charge in [-0.3, -0.25) is 0 Å². The minimum Gasteiger partial charge on any atom is -0.543 e. The monoisotopic (exact) mass is 473 g/mol. The minimum atomic E-state index is -2.95. The standard InChI is InChI=1S/C23H25F2N3O2SSi/c1-13-9-15(20-17(10-13)27-19(12-26-20)29-22(24)25)21-28-16-8-7-14(11-18(16)31-21)30-32(5,6)23(2,3)4/h7-12,22H,1-6H3. The molecule has 2 heterocycles. The quantitative estimate of drug-likeness (QED) is 0.287. The summed E-state index contributed by atoms with van der Waals surface area (Å²) in [5, 5.41) is 0.891. The Morgan fingerprint density at radius 1 is 1.03 bits per heavy atom. The number of rotatable bonds is 5. The molecule has 0 saturated heterocycles. The van der Waals surface area contributed by atoms with Crippen LogP contribution in [0.4, 0.5) is 8.78 Å². The first kappa shape index (κ1) is 22.5. The summed E-state index contributed by atoms with van der Waals surface area (Å²) in [7, 11) is -1.95. The zero-order valence-electron chi connectivity index (χ0n) is 18.9. The van der Waals surface area contributed by atoms with E-state index in [0.717, 1.165) is 32.1 Å². The van der Waals surface area contributed by atoms with Gasteiger partial charge in [-0.2, -0.15) is 8.78 Å². The van der Waals surface area contributed by atoms with Crippen LogP contribution >= 0.6 is 11.3 Å². The molecule has 0 atom stereocenters. The Morgan fingerprint density at radius 3 is 2.47 bits per heavy atom. The molecule has 4 rings (SSSR count). The van der Waals surface area contributed by atoms with E-state index in [0.29, 0.717) is 11.0 Å². The smallest absolute Gasteiger partial charge is 0.388 e. The van der Waals surface area contributed by atoms with Crippen LogP contribution in [0.1, 0.15) is 26.3 Å². The number of hydrogen-bond acceptors (Lipinski definition) is 6. The Morgan fingerprint density at radius 2 is 1.78 bits per heavy atom. The lowest BCUT2D eigenvalue weighted by Crippen LogP contribution is -2.43. The molecule has 0 spiro atoms. The fraction of sp³-hybridized carbons (Fsp3) is 0.348. The van der Waals surface area contributed by atoms with Crippen molar-refractivity contribution in [2.75, 3.05) is 0 Å². The maximum absolute atomic E-state index is 12.6. The Hall–Kier alpha value is -2.65. The number of alkyl halides is 2. The number of fused-ring (bicyclic) bond motifs is 2. The molecule has 0 radical (unpaired) electrons. The second-order valence-electron chi connectivity index (χ2n) is 9.28. The Kier molecular flexibility index (Phi) is 5.66. The molecule has 0 N–H and O–H groups in total. The van der Waals surface area contributed by atoms with Crippen LogP contribution in [0.3, 0.4) is 0 Å². The third-order valence-electron chi connectivity index (χ3n) is 5.75. The van der Waals surface area contributed by atoms with Crippen LogP contribution in [0.25, 0.3) is 31.8 Å². The lowest BCUT2D eigenvalue weighted by Gasteiger charge is -2.36. The van der Waals surface area contributed by atoms with E-state index in [4.69, 9.17) is 9.41 Å². The number of benzene rings is 2. The molecule has 2 aromatic carbocycles. The van der Waals surface area contributed by atoms with Crippen molar-refractivity contribution in [3.63, 3.8) is 0 Å². The number of hydrogen-bond donors (Lipinski definition) is 0.